The molecule has 0 amide bonds. The summed E-state index contributed by atoms with van der Waals surface area (Å²) in [5, 5.41) is 11.7. The number of aliphatic carboxylic acids is 1. The number of esters is 2. The first-order valence-corrected chi connectivity index (χ1v) is 25.8. The second-order valence-electron chi connectivity index (χ2n) is 18.4. The molecule has 0 fully saturated rings. The summed E-state index contributed by atoms with van der Waals surface area (Å²) >= 11 is 0. The van der Waals surface area contributed by atoms with Crippen molar-refractivity contribution in [3.8, 4) is 0 Å². The number of hydrogen-bond acceptors (Lipinski definition) is 8. The molecule has 2 atom stereocenters. The zero-order chi connectivity index (χ0) is 46.3. The van der Waals surface area contributed by atoms with Crippen molar-refractivity contribution < 1.29 is 42.9 Å². The van der Waals surface area contributed by atoms with Crippen LogP contribution in [0.4, 0.5) is 0 Å². The van der Waals surface area contributed by atoms with E-state index in [2.05, 4.69) is 62.5 Å². The highest BCUT2D eigenvalue weighted by atomic mass is 16.7. The van der Waals surface area contributed by atoms with Gasteiger partial charge in [0, 0.05) is 12.8 Å². The smallest absolute Gasteiger partial charge is 0.306 e. The van der Waals surface area contributed by atoms with E-state index in [1.54, 1.807) is 0 Å². The first kappa shape index (κ1) is 60.2. The standard InChI is InChI=1S/C54H97NO8/c1-6-8-10-12-14-16-18-20-22-24-25-26-27-29-30-32-34-36-38-40-42-44-51(56)61-48-50(49-62-54(53(58)59)60-47-46-55(3,4)5)63-52(57)45-43-41-39-37-35-33-31-28-23-21-19-17-15-13-11-9-7-2/h9,11,15,17,21,23,31,33,50,54H,6-8,10,12-14,16,18-20,22,24-30,32,34-49H2,1-5H3/b11-9-,17-15-,23-21-,33-31-. The van der Waals surface area contributed by atoms with Crippen LogP contribution in [0, 0.1) is 0 Å². The molecule has 63 heavy (non-hydrogen) atoms. The van der Waals surface area contributed by atoms with Crippen molar-refractivity contribution in [2.75, 3.05) is 47.5 Å². The zero-order valence-corrected chi connectivity index (χ0v) is 41.4. The average Bonchev–Trinajstić information content (AvgIpc) is 3.24. The number of rotatable bonds is 47. The molecule has 0 aromatic rings. The summed E-state index contributed by atoms with van der Waals surface area (Å²) in [5.74, 6) is -2.31. The predicted octanol–water partition coefficient (Wildman–Crippen LogP) is 13.0. The van der Waals surface area contributed by atoms with Crippen LogP contribution >= 0.6 is 0 Å². The minimum Gasteiger partial charge on any atom is -0.545 e. The van der Waals surface area contributed by atoms with Gasteiger partial charge in [0.25, 0.3) is 0 Å². The minimum atomic E-state index is -1.63. The number of likely N-dealkylation sites (N-methyl/N-ethyl adjacent to an activating group) is 1. The van der Waals surface area contributed by atoms with Crippen molar-refractivity contribution in [3.05, 3.63) is 48.6 Å². The Hall–Kier alpha value is -2.75. The van der Waals surface area contributed by atoms with Crippen LogP contribution in [0.3, 0.4) is 0 Å². The molecule has 0 aromatic carbocycles. The van der Waals surface area contributed by atoms with Gasteiger partial charge in [-0.3, -0.25) is 9.59 Å². The molecule has 9 heteroatoms. The quantitative estimate of drug-likeness (QED) is 0.0195. The number of nitrogens with zero attached hydrogens (tertiary/aromatic N) is 1. The SMILES string of the molecule is CC/C=C\C/C=C\C/C=C\C/C=C\CCCCCCC(=O)OC(COC(=O)CCCCCCCCCCCCCCCCCCCCCCC)COC(OCC[N+](C)(C)C)C(=O)[O-]. The van der Waals surface area contributed by atoms with E-state index in [0.717, 1.165) is 70.6 Å². The van der Waals surface area contributed by atoms with E-state index >= 15 is 0 Å². The highest BCUT2D eigenvalue weighted by Gasteiger charge is 2.22. The van der Waals surface area contributed by atoms with Crippen LogP contribution in [0.5, 0.6) is 0 Å². The number of carboxylic acids is 1. The zero-order valence-electron chi connectivity index (χ0n) is 41.4. The maximum absolute atomic E-state index is 12.8. The highest BCUT2D eigenvalue weighted by Crippen LogP contribution is 2.16. The molecule has 366 valence electrons. The summed E-state index contributed by atoms with van der Waals surface area (Å²) < 4.78 is 22.6. The van der Waals surface area contributed by atoms with Crippen molar-refractivity contribution in [1.29, 1.82) is 0 Å². The van der Waals surface area contributed by atoms with Gasteiger partial charge in [-0.05, 0) is 51.4 Å². The van der Waals surface area contributed by atoms with Crippen LogP contribution in [0.1, 0.15) is 219 Å². The fourth-order valence-electron chi connectivity index (χ4n) is 7.12. The molecule has 0 N–H and O–H groups in total. The average molecular weight is 888 g/mol. The molecular weight excluding hydrogens is 791 g/mol. The molecule has 0 aliphatic rings. The minimum absolute atomic E-state index is 0.142. The third kappa shape index (κ3) is 47.0. The third-order valence-electron chi connectivity index (χ3n) is 11.1. The molecule has 0 saturated carbocycles. The topological polar surface area (TPSA) is 111 Å². The van der Waals surface area contributed by atoms with E-state index < -0.39 is 24.3 Å². The van der Waals surface area contributed by atoms with E-state index in [1.165, 1.54) is 116 Å². The molecule has 0 aliphatic heterocycles. The Bertz CT molecular complexity index is 1170. The normalized spacial score (nSPS) is 13.2. The molecule has 0 bridgehead atoms. The summed E-state index contributed by atoms with van der Waals surface area (Å²) in [5.41, 5.74) is 0. The molecule has 0 spiro atoms. The van der Waals surface area contributed by atoms with Crippen LogP contribution < -0.4 is 5.11 Å². The Morgan fingerprint density at radius 1 is 0.492 bits per heavy atom. The van der Waals surface area contributed by atoms with Crippen LogP contribution in [0.25, 0.3) is 0 Å². The Morgan fingerprint density at radius 3 is 1.35 bits per heavy atom. The van der Waals surface area contributed by atoms with Gasteiger partial charge in [-0.2, -0.15) is 0 Å². The summed E-state index contributed by atoms with van der Waals surface area (Å²) in [6.45, 7) is 4.62. The Labute approximate surface area is 387 Å². The molecule has 0 aromatic heterocycles. The molecule has 0 heterocycles. The van der Waals surface area contributed by atoms with Gasteiger partial charge in [-0.15, -0.1) is 0 Å². The molecule has 0 aliphatic carbocycles. The van der Waals surface area contributed by atoms with Gasteiger partial charge in [0.05, 0.1) is 40.3 Å². The fourth-order valence-corrected chi connectivity index (χ4v) is 7.12. The van der Waals surface area contributed by atoms with Crippen LogP contribution in [-0.2, 0) is 33.3 Å². The van der Waals surface area contributed by atoms with Crippen LogP contribution in [-0.4, -0.2) is 82.3 Å². The van der Waals surface area contributed by atoms with Gasteiger partial charge < -0.3 is 33.3 Å². The van der Waals surface area contributed by atoms with Crippen molar-refractivity contribution in [1.82, 2.24) is 0 Å². The van der Waals surface area contributed by atoms with E-state index in [-0.39, 0.29) is 38.6 Å². The monoisotopic (exact) mass is 888 g/mol. The number of ether oxygens (including phenoxy) is 4. The lowest BCUT2D eigenvalue weighted by atomic mass is 10.0. The third-order valence-corrected chi connectivity index (χ3v) is 11.1. The molecule has 0 saturated heterocycles. The lowest BCUT2D eigenvalue weighted by molar-refractivity contribution is -0.870. The Morgan fingerprint density at radius 2 is 0.905 bits per heavy atom. The van der Waals surface area contributed by atoms with Crippen LogP contribution in [0.15, 0.2) is 48.6 Å². The number of allylic oxidation sites excluding steroid dienone is 8. The lowest BCUT2D eigenvalue weighted by Gasteiger charge is -2.26. The number of unbranched alkanes of at least 4 members (excludes halogenated alkanes) is 24. The maximum Gasteiger partial charge on any atom is 0.306 e. The summed E-state index contributed by atoms with van der Waals surface area (Å²) in [7, 11) is 5.91. The fraction of sp³-hybridized carbons (Fsp3) is 0.796. The van der Waals surface area contributed by atoms with Crippen molar-refractivity contribution in [3.63, 3.8) is 0 Å². The van der Waals surface area contributed by atoms with Crippen LogP contribution in [0.2, 0.25) is 0 Å². The van der Waals surface area contributed by atoms with Gasteiger partial charge >= 0.3 is 11.9 Å². The van der Waals surface area contributed by atoms with Gasteiger partial charge in [0.15, 0.2) is 12.4 Å². The number of carbonyl (C=O) groups is 3. The predicted molar refractivity (Wildman–Crippen MR) is 260 cm³/mol. The Balaban J connectivity index is 4.34. The van der Waals surface area contributed by atoms with E-state index in [4.69, 9.17) is 18.9 Å². The summed E-state index contributed by atoms with van der Waals surface area (Å²) in [6, 6.07) is 0. The number of carbonyl (C=O) groups excluding carboxylic acids is 3. The van der Waals surface area contributed by atoms with Gasteiger partial charge in [0.1, 0.15) is 13.2 Å². The van der Waals surface area contributed by atoms with Gasteiger partial charge in [-0.1, -0.05) is 204 Å². The second kappa shape index (κ2) is 45.8. The first-order chi connectivity index (χ1) is 30.6. The largest absolute Gasteiger partial charge is 0.545 e. The van der Waals surface area contributed by atoms with E-state index in [1.807, 2.05) is 21.1 Å². The van der Waals surface area contributed by atoms with Crippen molar-refractivity contribution >= 4 is 17.9 Å². The van der Waals surface area contributed by atoms with Gasteiger partial charge in [0.2, 0.25) is 0 Å². The summed E-state index contributed by atoms with van der Waals surface area (Å²) in [4.78, 5) is 37.1. The number of hydrogen-bond donors (Lipinski definition) is 0. The molecular formula is C54H97NO8. The molecule has 2 unspecified atom stereocenters. The maximum atomic E-state index is 12.8. The van der Waals surface area contributed by atoms with Crippen molar-refractivity contribution in [2.45, 2.75) is 232 Å². The van der Waals surface area contributed by atoms with Gasteiger partial charge in [-0.25, -0.2) is 0 Å². The molecule has 0 rings (SSSR count). The van der Waals surface area contributed by atoms with Crippen molar-refractivity contribution in [2.24, 2.45) is 0 Å². The molecule has 0 radical (unpaired) electrons. The number of carboxylic acid groups (broad SMARTS) is 1. The molecule has 9 nitrogen and oxygen atoms in total. The van der Waals surface area contributed by atoms with E-state index in [9.17, 15) is 19.5 Å². The van der Waals surface area contributed by atoms with E-state index in [0.29, 0.717) is 17.4 Å². The Kier molecular flexibility index (Phi) is 43.8. The summed E-state index contributed by atoms with van der Waals surface area (Å²) in [6.07, 6.45) is 51.5. The first-order valence-electron chi connectivity index (χ1n) is 25.8. The lowest BCUT2D eigenvalue weighted by Crippen LogP contribution is -2.44. The second-order valence-corrected chi connectivity index (χ2v) is 18.4. The number of quaternary nitrogens is 1. The highest BCUT2D eigenvalue weighted by molar-refractivity contribution is 5.70.